The lowest BCUT2D eigenvalue weighted by molar-refractivity contribution is -0.165. The Labute approximate surface area is 223 Å². The molecule has 1 N–H and O–H groups in total. The van der Waals surface area contributed by atoms with Crippen LogP contribution in [-0.2, 0) is 23.9 Å². The number of β-lactam (4-membered cyclic amide) rings is 1. The largest absolute Gasteiger partial charge is 0.484 e. The number of rotatable bonds is 9. The summed E-state index contributed by atoms with van der Waals surface area (Å²) >= 11 is 1.20. The van der Waals surface area contributed by atoms with E-state index in [9.17, 15) is 19.2 Å². The van der Waals surface area contributed by atoms with E-state index < -0.39 is 41.3 Å². The van der Waals surface area contributed by atoms with Gasteiger partial charge in [-0.15, -0.1) is 11.8 Å². The van der Waals surface area contributed by atoms with Crippen LogP contribution in [0, 0.1) is 0 Å². The Hall–Kier alpha value is -4.37. The van der Waals surface area contributed by atoms with Gasteiger partial charge in [-0.25, -0.2) is 4.79 Å². The van der Waals surface area contributed by atoms with Gasteiger partial charge in [-0.2, -0.15) is 0 Å². The fourth-order valence-electron chi connectivity index (χ4n) is 4.40. The van der Waals surface area contributed by atoms with E-state index in [1.807, 2.05) is 66.7 Å². The molecule has 2 aliphatic rings. The van der Waals surface area contributed by atoms with E-state index in [4.69, 9.17) is 9.47 Å². The minimum Gasteiger partial charge on any atom is -0.484 e. The summed E-state index contributed by atoms with van der Waals surface area (Å²) in [6.45, 7) is -0.262. The Kier molecular flexibility index (Phi) is 7.55. The third-order valence-electron chi connectivity index (χ3n) is 6.24. The monoisotopic (exact) mass is 528 g/mol. The lowest BCUT2D eigenvalue weighted by Gasteiger charge is -2.51. The van der Waals surface area contributed by atoms with Crippen molar-refractivity contribution in [3.63, 3.8) is 0 Å². The molecule has 2 aliphatic heterocycles. The molecule has 1 fully saturated rings. The Bertz CT molecular complexity index is 1310. The second kappa shape index (κ2) is 11.4. The summed E-state index contributed by atoms with van der Waals surface area (Å²) in [6, 6.07) is 25.3. The lowest BCUT2D eigenvalue weighted by atomic mass is 9.97. The first-order valence-corrected chi connectivity index (χ1v) is 12.9. The number of esters is 1. The number of nitrogens with zero attached hydrogens (tertiary/aromatic N) is 1. The Morgan fingerprint density at radius 3 is 2.08 bits per heavy atom. The number of para-hydroxylation sites is 1. The number of amides is 2. The van der Waals surface area contributed by atoms with E-state index in [1.165, 1.54) is 16.7 Å². The summed E-state index contributed by atoms with van der Waals surface area (Å²) in [4.78, 5) is 52.2. The third-order valence-corrected chi connectivity index (χ3v) is 7.43. The molecule has 0 aromatic heterocycles. The smallest absolute Gasteiger partial charge is 0.334 e. The molecule has 9 heteroatoms. The van der Waals surface area contributed by atoms with Crippen molar-refractivity contribution in [2.45, 2.75) is 23.6 Å². The van der Waals surface area contributed by atoms with Crippen molar-refractivity contribution >= 4 is 35.8 Å². The van der Waals surface area contributed by atoms with Crippen LogP contribution in [0.1, 0.15) is 17.2 Å². The molecular weight excluding hydrogens is 504 g/mol. The first kappa shape index (κ1) is 25.3. The van der Waals surface area contributed by atoms with E-state index in [1.54, 1.807) is 29.7 Å². The van der Waals surface area contributed by atoms with Crippen molar-refractivity contribution in [1.82, 2.24) is 10.2 Å². The number of hydrogen-bond donors (Lipinski definition) is 1. The molecule has 2 unspecified atom stereocenters. The molecule has 38 heavy (non-hydrogen) atoms. The predicted molar refractivity (Wildman–Crippen MR) is 141 cm³/mol. The van der Waals surface area contributed by atoms with Crippen molar-refractivity contribution in [3.05, 3.63) is 113 Å². The van der Waals surface area contributed by atoms with Crippen LogP contribution in [0.4, 0.5) is 0 Å². The Morgan fingerprint density at radius 2 is 1.50 bits per heavy atom. The molecule has 3 atom stereocenters. The van der Waals surface area contributed by atoms with Crippen LogP contribution in [0.25, 0.3) is 0 Å². The lowest BCUT2D eigenvalue weighted by Crippen LogP contribution is -2.74. The molecule has 0 bridgehead atoms. The number of aldehydes is 1. The highest BCUT2D eigenvalue weighted by atomic mass is 32.2. The molecule has 0 saturated carbocycles. The highest BCUT2D eigenvalue weighted by Gasteiger charge is 2.56. The number of carbonyl (C=O) groups excluding carboxylic acids is 4. The maximum atomic E-state index is 13.5. The first-order valence-electron chi connectivity index (χ1n) is 12.0. The molecule has 0 spiro atoms. The van der Waals surface area contributed by atoms with Crippen molar-refractivity contribution in [1.29, 1.82) is 0 Å². The summed E-state index contributed by atoms with van der Waals surface area (Å²) in [5.74, 6) is -1.13. The number of benzene rings is 3. The third kappa shape index (κ3) is 5.19. The quantitative estimate of drug-likeness (QED) is 0.258. The van der Waals surface area contributed by atoms with E-state index in [0.717, 1.165) is 11.1 Å². The maximum absolute atomic E-state index is 13.5. The normalized spacial score (nSPS) is 20.0. The summed E-state index contributed by atoms with van der Waals surface area (Å²) in [5, 5.41) is 3.66. The van der Waals surface area contributed by atoms with Crippen molar-refractivity contribution in [2.24, 2.45) is 0 Å². The van der Waals surface area contributed by atoms with Gasteiger partial charge in [0.25, 0.3) is 5.91 Å². The van der Waals surface area contributed by atoms with Crippen molar-refractivity contribution in [3.8, 4) is 5.75 Å². The average Bonchev–Trinajstić information content (AvgIpc) is 2.98. The molecule has 3 aromatic carbocycles. The van der Waals surface area contributed by atoms with Gasteiger partial charge in [0.1, 0.15) is 23.5 Å². The number of nitrogens with one attached hydrogen (secondary N) is 1. The molecule has 8 nitrogen and oxygen atoms in total. The zero-order chi connectivity index (χ0) is 26.5. The number of hydrogen-bond acceptors (Lipinski definition) is 7. The molecule has 1 saturated heterocycles. The minimum absolute atomic E-state index is 0.127. The topological polar surface area (TPSA) is 102 Å². The number of ether oxygens (including phenoxy) is 2. The van der Waals surface area contributed by atoms with E-state index >= 15 is 0 Å². The summed E-state index contributed by atoms with van der Waals surface area (Å²) in [6.07, 6.45) is -0.171. The van der Waals surface area contributed by atoms with E-state index in [-0.39, 0.29) is 12.2 Å². The van der Waals surface area contributed by atoms with Crippen LogP contribution in [0.5, 0.6) is 5.75 Å². The van der Waals surface area contributed by atoms with Crippen LogP contribution >= 0.6 is 11.8 Å². The Morgan fingerprint density at radius 1 is 0.921 bits per heavy atom. The minimum atomic E-state index is -1.21. The van der Waals surface area contributed by atoms with Crippen LogP contribution in [0.2, 0.25) is 0 Å². The van der Waals surface area contributed by atoms with Gasteiger partial charge in [0.2, 0.25) is 5.91 Å². The number of fused-ring (bicyclic) bond motifs is 1. The predicted octanol–water partition coefficient (Wildman–Crippen LogP) is 3.25. The fraction of sp³-hybridized carbons (Fsp3) is 0.172. The first-order chi connectivity index (χ1) is 18.6. The zero-order valence-electron chi connectivity index (χ0n) is 20.1. The average molecular weight is 529 g/mol. The second-order valence-electron chi connectivity index (χ2n) is 8.70. The standard InChI is InChI=1S/C29H24N2O6S/c32-16-21-18-38-28-24(30-23(33)17-36-22-14-8-3-9-15-22)27(34)31(28)25(21)29(35)37-26(19-10-4-1-5-11-19)20-12-6-2-7-13-20/h1-16,18,24-26,28H,17H2,(H,30,33)/t24?,25?,28-/m0/s1. The van der Waals surface area contributed by atoms with Crippen LogP contribution in [-0.4, -0.2) is 53.0 Å². The molecule has 192 valence electrons. The Balaban J connectivity index is 1.30. The van der Waals surface area contributed by atoms with Gasteiger partial charge in [-0.05, 0) is 28.7 Å². The van der Waals surface area contributed by atoms with Gasteiger partial charge in [0, 0.05) is 5.57 Å². The van der Waals surface area contributed by atoms with Gasteiger partial charge in [-0.3, -0.25) is 14.4 Å². The molecular formula is C29H24N2O6S. The van der Waals surface area contributed by atoms with Crippen molar-refractivity contribution < 1.29 is 28.7 Å². The summed E-state index contributed by atoms with van der Waals surface area (Å²) < 4.78 is 11.4. The second-order valence-corrected chi connectivity index (χ2v) is 9.69. The summed E-state index contributed by atoms with van der Waals surface area (Å²) in [5.41, 5.74) is 1.63. The van der Waals surface area contributed by atoms with Crippen LogP contribution in [0.15, 0.2) is 102 Å². The van der Waals surface area contributed by atoms with Crippen LogP contribution < -0.4 is 10.1 Å². The maximum Gasteiger partial charge on any atom is 0.334 e. The SMILES string of the molecule is O=CC1=CS[C@H]2C(NC(=O)COc3ccccc3)C(=O)N2C1C(=O)OC(c1ccccc1)c1ccccc1. The molecule has 3 aromatic rings. The molecule has 0 aliphatic carbocycles. The molecule has 2 heterocycles. The van der Waals surface area contributed by atoms with Crippen molar-refractivity contribution in [2.75, 3.05) is 6.61 Å². The molecule has 0 radical (unpaired) electrons. The van der Waals surface area contributed by atoms with E-state index in [2.05, 4.69) is 5.32 Å². The van der Waals surface area contributed by atoms with Gasteiger partial charge in [0.15, 0.2) is 18.8 Å². The fourth-order valence-corrected chi connectivity index (χ4v) is 5.58. The van der Waals surface area contributed by atoms with Gasteiger partial charge in [-0.1, -0.05) is 78.9 Å². The zero-order valence-corrected chi connectivity index (χ0v) is 21.0. The number of carbonyl (C=O) groups is 4. The summed E-state index contributed by atoms with van der Waals surface area (Å²) in [7, 11) is 0. The highest BCUT2D eigenvalue weighted by molar-refractivity contribution is 8.03. The highest BCUT2D eigenvalue weighted by Crippen LogP contribution is 2.40. The van der Waals surface area contributed by atoms with E-state index in [0.29, 0.717) is 12.0 Å². The number of thioether (sulfide) groups is 1. The van der Waals surface area contributed by atoms with Gasteiger partial charge >= 0.3 is 5.97 Å². The van der Waals surface area contributed by atoms with Gasteiger partial charge in [0.05, 0.1) is 0 Å². The van der Waals surface area contributed by atoms with Gasteiger partial charge < -0.3 is 19.7 Å². The van der Waals surface area contributed by atoms with Crippen LogP contribution in [0.3, 0.4) is 0 Å². The molecule has 2 amide bonds. The molecule has 5 rings (SSSR count).